The van der Waals surface area contributed by atoms with Gasteiger partial charge in [0.15, 0.2) is 5.13 Å². The van der Waals surface area contributed by atoms with Crippen LogP contribution in [-0.2, 0) is 0 Å². The maximum absolute atomic E-state index is 10.5. The highest BCUT2D eigenvalue weighted by molar-refractivity contribution is 7.18. The average molecular weight is 241 g/mol. The lowest BCUT2D eigenvalue weighted by atomic mass is 10.1. The molecule has 1 fully saturated rings. The Hall–Kier alpha value is -1.17. The minimum Gasteiger partial charge on any atom is -0.359 e. The van der Waals surface area contributed by atoms with Crippen LogP contribution in [0.5, 0.6) is 0 Å². The van der Waals surface area contributed by atoms with Crippen LogP contribution in [0.4, 0.5) is 10.1 Å². The number of aromatic nitrogens is 1. The van der Waals surface area contributed by atoms with Crippen LogP contribution in [-0.4, -0.2) is 15.9 Å². The van der Waals surface area contributed by atoms with Crippen molar-refractivity contribution in [1.29, 1.82) is 0 Å². The summed E-state index contributed by atoms with van der Waals surface area (Å²) in [6.45, 7) is 0. The molecule has 0 unspecified atom stereocenters. The molecule has 2 rings (SSSR count). The third-order valence-corrected chi connectivity index (χ3v) is 3.74. The normalized spacial score (nSPS) is 18.0. The molecule has 1 aliphatic carbocycles. The number of nitrogens with zero attached hydrogens (tertiary/aromatic N) is 2. The lowest BCUT2D eigenvalue weighted by Gasteiger charge is -2.14. The Labute approximate surface area is 98.0 Å². The largest absolute Gasteiger partial charge is 0.359 e. The van der Waals surface area contributed by atoms with E-state index in [0.717, 1.165) is 24.2 Å². The second-order valence-corrected chi connectivity index (χ2v) is 5.10. The molecule has 5 nitrogen and oxygen atoms in total. The van der Waals surface area contributed by atoms with Crippen molar-refractivity contribution >= 4 is 21.5 Å². The monoisotopic (exact) mass is 241 g/mol. The zero-order valence-electron chi connectivity index (χ0n) is 9.02. The molecule has 1 heterocycles. The Balaban J connectivity index is 1.94. The zero-order valence-corrected chi connectivity index (χ0v) is 9.83. The lowest BCUT2D eigenvalue weighted by molar-refractivity contribution is -0.380. The minimum absolute atomic E-state index is 0.108. The van der Waals surface area contributed by atoms with Gasteiger partial charge in [-0.1, -0.05) is 25.7 Å². The van der Waals surface area contributed by atoms with E-state index in [1.807, 2.05) is 0 Å². The zero-order chi connectivity index (χ0) is 11.4. The lowest BCUT2D eigenvalue weighted by Crippen LogP contribution is -2.17. The van der Waals surface area contributed by atoms with Gasteiger partial charge in [-0.25, -0.2) is 4.98 Å². The summed E-state index contributed by atoms with van der Waals surface area (Å²) in [6.07, 6.45) is 8.70. The fourth-order valence-electron chi connectivity index (χ4n) is 2.02. The predicted molar refractivity (Wildman–Crippen MR) is 63.9 cm³/mol. The van der Waals surface area contributed by atoms with Crippen LogP contribution in [0, 0.1) is 10.1 Å². The van der Waals surface area contributed by atoms with E-state index in [1.54, 1.807) is 0 Å². The molecule has 0 amide bonds. The Bertz CT molecular complexity index is 359. The first-order valence-corrected chi connectivity index (χ1v) is 6.44. The van der Waals surface area contributed by atoms with Crippen molar-refractivity contribution in [2.45, 2.75) is 44.6 Å². The van der Waals surface area contributed by atoms with Gasteiger partial charge in [0.2, 0.25) is 0 Å². The van der Waals surface area contributed by atoms with E-state index in [1.165, 1.54) is 31.9 Å². The van der Waals surface area contributed by atoms with E-state index in [4.69, 9.17) is 0 Å². The second kappa shape index (κ2) is 5.25. The molecule has 1 N–H and O–H groups in total. The summed E-state index contributed by atoms with van der Waals surface area (Å²) in [5, 5.41) is 14.6. The molecular weight excluding hydrogens is 226 g/mol. The van der Waals surface area contributed by atoms with Crippen molar-refractivity contribution in [2.24, 2.45) is 0 Å². The predicted octanol–water partition coefficient (Wildman–Crippen LogP) is 3.19. The molecule has 0 atom stereocenters. The first-order chi connectivity index (χ1) is 7.75. The fourth-order valence-corrected chi connectivity index (χ4v) is 2.72. The van der Waals surface area contributed by atoms with Crippen LogP contribution >= 0.6 is 11.3 Å². The number of anilines is 1. The van der Waals surface area contributed by atoms with Crippen LogP contribution < -0.4 is 5.32 Å². The molecule has 0 aromatic carbocycles. The van der Waals surface area contributed by atoms with E-state index >= 15 is 0 Å². The van der Waals surface area contributed by atoms with E-state index < -0.39 is 4.92 Å². The van der Waals surface area contributed by atoms with Gasteiger partial charge in [0.1, 0.15) is 6.20 Å². The second-order valence-electron chi connectivity index (χ2n) is 4.09. The summed E-state index contributed by atoms with van der Waals surface area (Å²) in [5.41, 5.74) is 0. The average Bonchev–Trinajstić information content (AvgIpc) is 2.56. The number of rotatable bonds is 3. The smallest absolute Gasteiger partial charge is 0.345 e. The summed E-state index contributed by atoms with van der Waals surface area (Å²) < 4.78 is 0. The van der Waals surface area contributed by atoms with Crippen LogP contribution in [0.15, 0.2) is 6.20 Å². The van der Waals surface area contributed by atoms with Crippen molar-refractivity contribution in [1.82, 2.24) is 4.98 Å². The Morgan fingerprint density at radius 3 is 2.62 bits per heavy atom. The summed E-state index contributed by atoms with van der Waals surface area (Å²) in [4.78, 5) is 14.1. The number of hydrogen-bond acceptors (Lipinski definition) is 5. The molecule has 16 heavy (non-hydrogen) atoms. The van der Waals surface area contributed by atoms with Crippen molar-refractivity contribution < 1.29 is 4.92 Å². The topological polar surface area (TPSA) is 68.1 Å². The van der Waals surface area contributed by atoms with Gasteiger partial charge >= 0.3 is 5.00 Å². The quantitative estimate of drug-likeness (QED) is 0.501. The van der Waals surface area contributed by atoms with Crippen LogP contribution in [0.2, 0.25) is 0 Å². The standard InChI is InChI=1S/C10H15N3O2S/c14-13(15)9-7-11-10(16-9)12-8-5-3-1-2-4-6-8/h7-8H,1-6H2,(H,11,12). The van der Waals surface area contributed by atoms with Crippen LogP contribution in [0.1, 0.15) is 38.5 Å². The van der Waals surface area contributed by atoms with Gasteiger partial charge in [-0.05, 0) is 24.2 Å². The Kier molecular flexibility index (Phi) is 3.71. The van der Waals surface area contributed by atoms with Crippen molar-refractivity contribution in [2.75, 3.05) is 5.32 Å². The molecule has 0 saturated heterocycles. The van der Waals surface area contributed by atoms with Gasteiger partial charge in [-0.3, -0.25) is 10.1 Å². The number of hydrogen-bond donors (Lipinski definition) is 1. The number of nitro groups is 1. The van der Waals surface area contributed by atoms with Crippen molar-refractivity contribution in [3.05, 3.63) is 16.3 Å². The summed E-state index contributed by atoms with van der Waals surface area (Å²) in [7, 11) is 0. The fraction of sp³-hybridized carbons (Fsp3) is 0.700. The maximum atomic E-state index is 10.5. The van der Waals surface area contributed by atoms with E-state index in [-0.39, 0.29) is 5.00 Å². The molecule has 0 bridgehead atoms. The number of nitrogens with one attached hydrogen (secondary N) is 1. The summed E-state index contributed by atoms with van der Waals surface area (Å²) >= 11 is 1.12. The number of thiazole rings is 1. The first-order valence-electron chi connectivity index (χ1n) is 5.62. The Morgan fingerprint density at radius 1 is 1.38 bits per heavy atom. The minimum atomic E-state index is -0.393. The van der Waals surface area contributed by atoms with Gasteiger partial charge in [0.05, 0.1) is 4.92 Å². The van der Waals surface area contributed by atoms with E-state index in [2.05, 4.69) is 10.3 Å². The molecule has 0 radical (unpaired) electrons. The summed E-state index contributed by atoms with van der Waals surface area (Å²) in [6, 6.07) is 0.438. The van der Waals surface area contributed by atoms with Gasteiger partial charge in [-0.15, -0.1) is 0 Å². The third kappa shape index (κ3) is 2.91. The van der Waals surface area contributed by atoms with Crippen LogP contribution in [0.3, 0.4) is 0 Å². The highest BCUT2D eigenvalue weighted by Crippen LogP contribution is 2.27. The molecule has 1 aromatic rings. The van der Waals surface area contributed by atoms with Gasteiger partial charge in [0, 0.05) is 6.04 Å². The van der Waals surface area contributed by atoms with Crippen molar-refractivity contribution in [3.8, 4) is 0 Å². The molecule has 1 aromatic heterocycles. The summed E-state index contributed by atoms with van der Waals surface area (Å²) in [5.74, 6) is 0. The SMILES string of the molecule is O=[N+]([O-])c1cnc(NC2CCCCCC2)s1. The maximum Gasteiger partial charge on any atom is 0.345 e. The van der Waals surface area contributed by atoms with Crippen LogP contribution in [0.25, 0.3) is 0 Å². The molecule has 0 aliphatic heterocycles. The van der Waals surface area contributed by atoms with Gasteiger partial charge in [-0.2, -0.15) is 0 Å². The van der Waals surface area contributed by atoms with E-state index in [9.17, 15) is 10.1 Å². The van der Waals surface area contributed by atoms with Gasteiger partial charge < -0.3 is 5.32 Å². The third-order valence-electron chi connectivity index (χ3n) is 2.86. The molecule has 1 aliphatic rings. The molecule has 0 spiro atoms. The van der Waals surface area contributed by atoms with Crippen molar-refractivity contribution in [3.63, 3.8) is 0 Å². The first kappa shape index (κ1) is 11.3. The molecule has 6 heteroatoms. The molecule has 1 saturated carbocycles. The molecular formula is C10H15N3O2S. The Morgan fingerprint density at radius 2 is 2.06 bits per heavy atom. The van der Waals surface area contributed by atoms with Gasteiger partial charge in [0.25, 0.3) is 0 Å². The highest BCUT2D eigenvalue weighted by atomic mass is 32.1. The van der Waals surface area contributed by atoms with E-state index in [0.29, 0.717) is 11.2 Å². The highest BCUT2D eigenvalue weighted by Gasteiger charge is 2.16. The molecule has 88 valence electrons.